The van der Waals surface area contributed by atoms with Gasteiger partial charge >= 0.3 is 0 Å². The number of anilines is 1. The van der Waals surface area contributed by atoms with E-state index >= 15 is 0 Å². The number of carbonyl (C=O) groups is 1. The Bertz CT molecular complexity index is 406. The lowest BCUT2D eigenvalue weighted by atomic mass is 10.1. The minimum absolute atomic E-state index is 0.0423. The fourth-order valence-corrected chi connectivity index (χ4v) is 2.21. The molecule has 0 aliphatic carbocycles. The standard InChI is InChI=1S/C10H12ClN3OS/c1-6-2-8(11)13-10(12-6)14-4-7(5-16)3-9(14)15/h2,7,16H,3-5H2,1H3. The van der Waals surface area contributed by atoms with Crippen LogP contribution in [0.25, 0.3) is 0 Å². The van der Waals surface area contributed by atoms with Crippen LogP contribution in [0, 0.1) is 12.8 Å². The number of carbonyl (C=O) groups excluding carboxylic acids is 1. The number of aromatic nitrogens is 2. The summed E-state index contributed by atoms with van der Waals surface area (Å²) in [6, 6.07) is 1.67. The summed E-state index contributed by atoms with van der Waals surface area (Å²) < 4.78 is 0. The first kappa shape index (κ1) is 11.7. The van der Waals surface area contributed by atoms with E-state index in [0.717, 1.165) is 5.69 Å². The molecule has 1 unspecified atom stereocenters. The van der Waals surface area contributed by atoms with Crippen LogP contribution in [-0.2, 0) is 4.79 Å². The summed E-state index contributed by atoms with van der Waals surface area (Å²) in [5.41, 5.74) is 0.761. The number of aryl methyl sites for hydroxylation is 1. The summed E-state index contributed by atoms with van der Waals surface area (Å²) in [5.74, 6) is 1.42. The van der Waals surface area contributed by atoms with Gasteiger partial charge in [-0.25, -0.2) is 9.97 Å². The Morgan fingerprint density at radius 2 is 2.38 bits per heavy atom. The molecular weight excluding hydrogens is 246 g/mol. The molecule has 0 radical (unpaired) electrons. The Labute approximate surface area is 104 Å². The lowest BCUT2D eigenvalue weighted by Crippen LogP contribution is -2.27. The third kappa shape index (κ3) is 2.30. The fourth-order valence-electron chi connectivity index (χ4n) is 1.73. The summed E-state index contributed by atoms with van der Waals surface area (Å²) in [6.07, 6.45) is 0.512. The van der Waals surface area contributed by atoms with E-state index in [9.17, 15) is 4.79 Å². The Morgan fingerprint density at radius 1 is 1.62 bits per heavy atom. The summed E-state index contributed by atoms with van der Waals surface area (Å²) in [5, 5.41) is 0.365. The predicted octanol–water partition coefficient (Wildman–Crippen LogP) is 1.72. The van der Waals surface area contributed by atoms with Crippen LogP contribution < -0.4 is 4.90 Å². The number of rotatable bonds is 2. The second-order valence-corrected chi connectivity index (χ2v) is 4.64. The van der Waals surface area contributed by atoms with Crippen LogP contribution in [0.1, 0.15) is 12.1 Å². The topological polar surface area (TPSA) is 46.1 Å². The summed E-state index contributed by atoms with van der Waals surface area (Å²) >= 11 is 10.0. The molecule has 16 heavy (non-hydrogen) atoms. The van der Waals surface area contributed by atoms with Crippen LogP contribution in [-0.4, -0.2) is 28.2 Å². The summed E-state index contributed by atoms with van der Waals surface area (Å²) in [4.78, 5) is 21.6. The average molecular weight is 258 g/mol. The van der Waals surface area contributed by atoms with Crippen LogP contribution in [0.2, 0.25) is 5.15 Å². The van der Waals surface area contributed by atoms with E-state index in [-0.39, 0.29) is 11.8 Å². The van der Waals surface area contributed by atoms with Gasteiger partial charge in [0, 0.05) is 18.7 Å². The van der Waals surface area contributed by atoms with Crippen molar-refractivity contribution in [2.45, 2.75) is 13.3 Å². The first-order valence-electron chi connectivity index (χ1n) is 5.02. The number of halogens is 1. The van der Waals surface area contributed by atoms with Gasteiger partial charge in [-0.15, -0.1) is 0 Å². The van der Waals surface area contributed by atoms with E-state index in [4.69, 9.17) is 11.6 Å². The van der Waals surface area contributed by atoms with Gasteiger partial charge in [0.25, 0.3) is 0 Å². The van der Waals surface area contributed by atoms with Crippen molar-refractivity contribution in [3.63, 3.8) is 0 Å². The maximum atomic E-state index is 11.7. The zero-order valence-electron chi connectivity index (χ0n) is 8.85. The monoisotopic (exact) mass is 257 g/mol. The molecular formula is C10H12ClN3OS. The summed E-state index contributed by atoms with van der Waals surface area (Å²) in [7, 11) is 0. The molecule has 1 fully saturated rings. The van der Waals surface area contributed by atoms with Gasteiger partial charge in [0.05, 0.1) is 0 Å². The van der Waals surface area contributed by atoms with Crippen LogP contribution in [0.4, 0.5) is 5.95 Å². The zero-order valence-corrected chi connectivity index (χ0v) is 10.5. The van der Waals surface area contributed by atoms with E-state index < -0.39 is 0 Å². The van der Waals surface area contributed by atoms with Gasteiger partial charge in [-0.1, -0.05) is 11.6 Å². The first-order valence-corrected chi connectivity index (χ1v) is 6.03. The quantitative estimate of drug-likeness (QED) is 0.648. The maximum absolute atomic E-state index is 11.7. The molecule has 0 saturated carbocycles. The molecule has 2 rings (SSSR count). The van der Waals surface area contributed by atoms with Gasteiger partial charge in [-0.3, -0.25) is 9.69 Å². The molecule has 6 heteroatoms. The zero-order chi connectivity index (χ0) is 11.7. The van der Waals surface area contributed by atoms with Gasteiger partial charge in [-0.05, 0) is 24.7 Å². The Kier molecular flexibility index (Phi) is 3.35. The van der Waals surface area contributed by atoms with Crippen molar-refractivity contribution in [2.24, 2.45) is 5.92 Å². The van der Waals surface area contributed by atoms with E-state index in [0.29, 0.717) is 29.8 Å². The van der Waals surface area contributed by atoms with Gasteiger partial charge in [0.15, 0.2) is 0 Å². The molecule has 86 valence electrons. The number of hydrogen-bond donors (Lipinski definition) is 1. The normalized spacial score (nSPS) is 20.6. The molecule has 1 aliphatic heterocycles. The highest BCUT2D eigenvalue weighted by Gasteiger charge is 2.31. The van der Waals surface area contributed by atoms with Crippen LogP contribution >= 0.6 is 24.2 Å². The van der Waals surface area contributed by atoms with Crippen molar-refractivity contribution in [3.8, 4) is 0 Å². The fraction of sp³-hybridized carbons (Fsp3) is 0.500. The molecule has 1 aliphatic rings. The van der Waals surface area contributed by atoms with Gasteiger partial charge in [0.2, 0.25) is 11.9 Å². The molecule has 0 spiro atoms. The smallest absolute Gasteiger partial charge is 0.233 e. The van der Waals surface area contributed by atoms with Crippen molar-refractivity contribution in [1.29, 1.82) is 0 Å². The molecule has 1 aromatic rings. The second-order valence-electron chi connectivity index (χ2n) is 3.89. The number of amides is 1. The number of hydrogen-bond acceptors (Lipinski definition) is 4. The lowest BCUT2D eigenvalue weighted by molar-refractivity contribution is -0.117. The largest absolute Gasteiger partial charge is 0.280 e. The van der Waals surface area contributed by atoms with Gasteiger partial charge in [-0.2, -0.15) is 12.6 Å². The Hall–Kier alpha value is -0.810. The average Bonchev–Trinajstić information content (AvgIpc) is 2.58. The van der Waals surface area contributed by atoms with Crippen molar-refractivity contribution in [1.82, 2.24) is 9.97 Å². The molecule has 0 bridgehead atoms. The molecule has 1 atom stereocenters. The molecule has 1 amide bonds. The van der Waals surface area contributed by atoms with Gasteiger partial charge in [0.1, 0.15) is 5.15 Å². The maximum Gasteiger partial charge on any atom is 0.233 e. The molecule has 0 aromatic carbocycles. The SMILES string of the molecule is Cc1cc(Cl)nc(N2CC(CS)CC2=O)n1. The van der Waals surface area contributed by atoms with Crippen LogP contribution in [0.3, 0.4) is 0 Å². The summed E-state index contributed by atoms with van der Waals surface area (Å²) in [6.45, 7) is 2.45. The minimum Gasteiger partial charge on any atom is -0.280 e. The van der Waals surface area contributed by atoms with Crippen LogP contribution in [0.5, 0.6) is 0 Å². The highest BCUT2D eigenvalue weighted by molar-refractivity contribution is 7.80. The predicted molar refractivity (Wildman–Crippen MR) is 66.1 cm³/mol. The van der Waals surface area contributed by atoms with E-state index in [2.05, 4.69) is 22.6 Å². The molecule has 1 saturated heterocycles. The molecule has 1 aromatic heterocycles. The number of thiol groups is 1. The highest BCUT2D eigenvalue weighted by Crippen LogP contribution is 2.24. The lowest BCUT2D eigenvalue weighted by Gasteiger charge is -2.14. The van der Waals surface area contributed by atoms with Gasteiger partial charge < -0.3 is 0 Å². The van der Waals surface area contributed by atoms with Crippen molar-refractivity contribution in [3.05, 3.63) is 16.9 Å². The molecule has 4 nitrogen and oxygen atoms in total. The first-order chi connectivity index (χ1) is 7.60. The third-order valence-electron chi connectivity index (χ3n) is 2.52. The number of nitrogens with zero attached hydrogens (tertiary/aromatic N) is 3. The van der Waals surface area contributed by atoms with E-state index in [1.165, 1.54) is 0 Å². The second kappa shape index (κ2) is 4.59. The molecule has 2 heterocycles. The molecule has 0 N–H and O–H groups in total. The van der Waals surface area contributed by atoms with Crippen molar-refractivity contribution < 1.29 is 4.79 Å². The minimum atomic E-state index is 0.0423. The highest BCUT2D eigenvalue weighted by atomic mass is 35.5. The van der Waals surface area contributed by atoms with Crippen molar-refractivity contribution in [2.75, 3.05) is 17.2 Å². The third-order valence-corrected chi connectivity index (χ3v) is 3.23. The Balaban J connectivity index is 2.27. The Morgan fingerprint density at radius 3 is 2.94 bits per heavy atom. The van der Waals surface area contributed by atoms with Crippen LogP contribution in [0.15, 0.2) is 6.07 Å². The van der Waals surface area contributed by atoms with E-state index in [1.54, 1.807) is 11.0 Å². The van der Waals surface area contributed by atoms with E-state index in [1.807, 2.05) is 6.92 Å². The van der Waals surface area contributed by atoms with Crippen molar-refractivity contribution >= 4 is 36.1 Å².